The normalized spacial score (nSPS) is 29.1. The van der Waals surface area contributed by atoms with Crippen LogP contribution in [0.4, 0.5) is 0 Å². The van der Waals surface area contributed by atoms with E-state index in [-0.39, 0.29) is 16.4 Å². The van der Waals surface area contributed by atoms with Crippen LogP contribution in [0.1, 0.15) is 44.4 Å². The van der Waals surface area contributed by atoms with Crippen LogP contribution in [0.5, 0.6) is 0 Å². The molecule has 104 valence electrons. The van der Waals surface area contributed by atoms with Crippen molar-refractivity contribution in [2.75, 3.05) is 0 Å². The predicted octanol–water partition coefficient (Wildman–Crippen LogP) is 2.96. The molecule has 3 aliphatic rings. The highest BCUT2D eigenvalue weighted by Gasteiger charge is 2.67. The second kappa shape index (κ2) is 3.27. The average molecular weight is 268 g/mol. The quantitative estimate of drug-likeness (QED) is 0.781. The first kappa shape index (κ1) is 12.0. The van der Waals surface area contributed by atoms with Gasteiger partial charge in [-0.15, -0.1) is 0 Å². The van der Waals surface area contributed by atoms with E-state index in [4.69, 9.17) is 0 Å². The van der Waals surface area contributed by atoms with E-state index in [1.54, 1.807) is 0 Å². The Morgan fingerprint density at radius 2 is 1.80 bits per heavy atom. The molecule has 2 aromatic rings. The number of nitrogens with zero attached hydrogens (tertiary/aromatic N) is 2. The summed E-state index contributed by atoms with van der Waals surface area (Å²) >= 11 is 0. The summed E-state index contributed by atoms with van der Waals surface area (Å²) in [6.07, 6.45) is 1.13. The van der Waals surface area contributed by atoms with Gasteiger partial charge in [-0.25, -0.2) is 4.68 Å². The van der Waals surface area contributed by atoms with Gasteiger partial charge in [0.15, 0.2) is 0 Å². The molecule has 3 nitrogen and oxygen atoms in total. The van der Waals surface area contributed by atoms with Crippen LogP contribution in [-0.2, 0) is 12.5 Å². The third kappa shape index (κ3) is 1.04. The topological polar surface area (TPSA) is 26.9 Å². The van der Waals surface area contributed by atoms with Crippen molar-refractivity contribution in [2.24, 2.45) is 12.5 Å². The molecule has 1 saturated carbocycles. The minimum atomic E-state index is 0.140. The van der Waals surface area contributed by atoms with Crippen LogP contribution in [-0.4, -0.2) is 9.36 Å². The zero-order valence-electron chi connectivity index (χ0n) is 12.5. The van der Waals surface area contributed by atoms with Crippen molar-refractivity contribution < 1.29 is 0 Å². The van der Waals surface area contributed by atoms with Gasteiger partial charge in [-0.05, 0) is 29.9 Å². The summed E-state index contributed by atoms with van der Waals surface area (Å²) in [5.41, 5.74) is 3.79. The van der Waals surface area contributed by atoms with Crippen LogP contribution < -0.4 is 5.56 Å². The molecule has 20 heavy (non-hydrogen) atoms. The fraction of sp³-hybridized carbons (Fsp3) is 0.471. The first-order valence-corrected chi connectivity index (χ1v) is 7.27. The molecule has 5 rings (SSSR count). The lowest BCUT2D eigenvalue weighted by atomic mass is 9.50. The van der Waals surface area contributed by atoms with Crippen LogP contribution in [0.15, 0.2) is 35.1 Å². The summed E-state index contributed by atoms with van der Waals surface area (Å²) < 4.78 is 3.91. The average Bonchev–Trinajstić information content (AvgIpc) is 2.94. The van der Waals surface area contributed by atoms with Gasteiger partial charge in [-0.2, -0.15) is 0 Å². The Morgan fingerprint density at radius 3 is 2.35 bits per heavy atom. The predicted molar refractivity (Wildman–Crippen MR) is 79.5 cm³/mol. The van der Waals surface area contributed by atoms with Crippen LogP contribution in [0.3, 0.4) is 0 Å². The molecular formula is C17H20N2O. The molecule has 0 amide bonds. The molecule has 1 aromatic carbocycles. The third-order valence-corrected chi connectivity index (χ3v) is 6.08. The van der Waals surface area contributed by atoms with E-state index in [1.165, 1.54) is 5.69 Å². The Morgan fingerprint density at radius 1 is 1.15 bits per heavy atom. The van der Waals surface area contributed by atoms with Gasteiger partial charge in [0.05, 0.1) is 11.4 Å². The number of para-hydroxylation sites is 1. The Hall–Kier alpha value is -1.77. The second-order valence-electron chi connectivity index (χ2n) is 7.05. The van der Waals surface area contributed by atoms with Gasteiger partial charge in [0, 0.05) is 18.0 Å². The van der Waals surface area contributed by atoms with Crippen molar-refractivity contribution in [2.45, 2.75) is 38.5 Å². The first-order valence-electron chi connectivity index (χ1n) is 7.27. The highest BCUT2D eigenvalue weighted by molar-refractivity contribution is 5.51. The molecule has 0 saturated heterocycles. The lowest BCUT2D eigenvalue weighted by Crippen LogP contribution is -2.50. The zero-order chi connectivity index (χ0) is 14.3. The monoisotopic (exact) mass is 268 g/mol. The molecule has 1 fully saturated rings. The molecule has 3 aliphatic carbocycles. The van der Waals surface area contributed by atoms with Crippen LogP contribution >= 0.6 is 0 Å². The third-order valence-electron chi connectivity index (χ3n) is 6.08. The molecule has 1 heterocycles. The first-order chi connectivity index (χ1) is 9.39. The summed E-state index contributed by atoms with van der Waals surface area (Å²) in [5, 5.41) is 0. The molecular weight excluding hydrogens is 248 g/mol. The van der Waals surface area contributed by atoms with E-state index in [0.29, 0.717) is 5.92 Å². The minimum Gasteiger partial charge on any atom is -0.284 e. The Balaban J connectivity index is 2.01. The SMILES string of the molecule is Cn1c2c(c(=O)n1-c1ccccc1)[C@H]1C[C@]2(C)C1(C)C. The van der Waals surface area contributed by atoms with Crippen molar-refractivity contribution in [3.8, 4) is 5.69 Å². The van der Waals surface area contributed by atoms with Crippen molar-refractivity contribution >= 4 is 0 Å². The molecule has 2 atom stereocenters. The summed E-state index contributed by atoms with van der Waals surface area (Å²) in [6, 6.07) is 9.93. The van der Waals surface area contributed by atoms with Crippen molar-refractivity contribution in [3.05, 3.63) is 51.9 Å². The molecule has 3 heteroatoms. The lowest BCUT2D eigenvalue weighted by Gasteiger charge is -2.53. The Bertz CT molecular complexity index is 766. The summed E-state index contributed by atoms with van der Waals surface area (Å²) in [6.45, 7) is 6.91. The van der Waals surface area contributed by atoms with Crippen LogP contribution in [0, 0.1) is 5.41 Å². The van der Waals surface area contributed by atoms with E-state index in [0.717, 1.165) is 17.7 Å². The van der Waals surface area contributed by atoms with Crippen molar-refractivity contribution in [3.63, 3.8) is 0 Å². The van der Waals surface area contributed by atoms with Gasteiger partial charge in [-0.1, -0.05) is 39.0 Å². The van der Waals surface area contributed by atoms with Crippen LogP contribution in [0.2, 0.25) is 0 Å². The van der Waals surface area contributed by atoms with Gasteiger partial charge < -0.3 is 0 Å². The van der Waals surface area contributed by atoms with Gasteiger partial charge in [0.1, 0.15) is 0 Å². The Kier molecular flexibility index (Phi) is 1.97. The van der Waals surface area contributed by atoms with Gasteiger partial charge in [0.2, 0.25) is 0 Å². The highest BCUT2D eigenvalue weighted by Crippen LogP contribution is 2.71. The Labute approximate surface area is 118 Å². The number of benzene rings is 1. The molecule has 2 bridgehead atoms. The lowest BCUT2D eigenvalue weighted by molar-refractivity contribution is 0.0310. The number of aromatic nitrogens is 2. The number of hydrogen-bond donors (Lipinski definition) is 0. The molecule has 0 N–H and O–H groups in total. The van der Waals surface area contributed by atoms with Gasteiger partial charge >= 0.3 is 0 Å². The summed E-state index contributed by atoms with van der Waals surface area (Å²) in [4.78, 5) is 12.9. The van der Waals surface area contributed by atoms with Crippen LogP contribution in [0.25, 0.3) is 5.69 Å². The second-order valence-corrected chi connectivity index (χ2v) is 7.05. The molecule has 0 unspecified atom stereocenters. The smallest absolute Gasteiger partial charge is 0.275 e. The summed E-state index contributed by atoms with van der Waals surface area (Å²) in [7, 11) is 2.02. The highest BCUT2D eigenvalue weighted by atomic mass is 16.1. The maximum atomic E-state index is 12.9. The van der Waals surface area contributed by atoms with Gasteiger partial charge in [0.25, 0.3) is 5.56 Å². The van der Waals surface area contributed by atoms with E-state index in [2.05, 4.69) is 25.5 Å². The van der Waals surface area contributed by atoms with E-state index in [9.17, 15) is 4.79 Å². The van der Waals surface area contributed by atoms with E-state index < -0.39 is 0 Å². The van der Waals surface area contributed by atoms with Crippen molar-refractivity contribution in [1.82, 2.24) is 9.36 Å². The minimum absolute atomic E-state index is 0.140. The molecule has 0 aliphatic heterocycles. The largest absolute Gasteiger partial charge is 0.284 e. The standard InChI is InChI=1S/C17H20N2O/c1-16(2)12-10-17(16,3)14-13(12)15(20)19(18(14)4)11-8-6-5-7-9-11/h5-9,12H,10H2,1-4H3/t12-,17+/m1/s1. The van der Waals surface area contributed by atoms with Crippen molar-refractivity contribution in [1.29, 1.82) is 0 Å². The number of rotatable bonds is 1. The van der Waals surface area contributed by atoms with Gasteiger partial charge in [-0.3, -0.25) is 9.48 Å². The zero-order valence-corrected chi connectivity index (χ0v) is 12.5. The maximum Gasteiger partial charge on any atom is 0.275 e. The van der Waals surface area contributed by atoms with E-state index >= 15 is 0 Å². The van der Waals surface area contributed by atoms with E-state index in [1.807, 2.05) is 42.1 Å². The molecule has 0 spiro atoms. The molecule has 1 aromatic heterocycles. The number of hydrogen-bond acceptors (Lipinski definition) is 1. The maximum absolute atomic E-state index is 12.9. The fourth-order valence-corrected chi connectivity index (χ4v) is 4.50. The summed E-state index contributed by atoms with van der Waals surface area (Å²) in [5.74, 6) is 0.422. The molecule has 0 radical (unpaired) electrons. The fourth-order valence-electron chi connectivity index (χ4n) is 4.50.